The van der Waals surface area contributed by atoms with Gasteiger partial charge in [0.15, 0.2) is 11.6 Å². The number of ether oxygens (including phenoxy) is 1. The van der Waals surface area contributed by atoms with Crippen LogP contribution in [0, 0.1) is 23.7 Å². The van der Waals surface area contributed by atoms with Crippen molar-refractivity contribution in [2.45, 2.75) is 145 Å². The number of nitrogens with zero attached hydrogens (tertiary/aromatic N) is 2. The summed E-state index contributed by atoms with van der Waals surface area (Å²) in [5, 5.41) is 51.2. The SMILES string of the molecule is C=NOCCCCCC(=O)NCCCCSCc1c(OC)ccc2c3c([nH]c12)S(=O)C[C@@H]1NC(=O)CNC(=O)[C@H]([C@@H](C)CC)CC(=O)CNC(=O)[C@@H](CC(=O)[C@H]([C@@H](C)[C@@H](O)CO)NC(=O)[C@@H]2C[C@@H](O)CN2C(=O)[C@H](CC(N)=O)NC1=O)C3. The molecule has 0 saturated carbocycles. The number of thioether (sulfide) groups is 1. The molecule has 82 heavy (non-hydrogen) atoms. The molecular formula is C54H80N10O16S2. The number of unbranched alkanes of at least 4 members (excludes halogenated alkanes) is 3. The van der Waals surface area contributed by atoms with Gasteiger partial charge in [0.25, 0.3) is 0 Å². The van der Waals surface area contributed by atoms with E-state index >= 15 is 4.21 Å². The van der Waals surface area contributed by atoms with Gasteiger partial charge in [-0.05, 0) is 67.9 Å². The molecule has 28 heteroatoms. The third-order valence-corrected chi connectivity index (χ3v) is 17.7. The lowest BCUT2D eigenvalue weighted by atomic mass is 9.85. The third kappa shape index (κ3) is 18.5. The van der Waals surface area contributed by atoms with Gasteiger partial charge in [-0.3, -0.25) is 52.2 Å². The number of nitrogens with two attached hydrogens (primary N) is 1. The molecule has 3 aliphatic rings. The minimum Gasteiger partial charge on any atom is -0.496 e. The van der Waals surface area contributed by atoms with E-state index < -0.39 is 181 Å². The molecule has 3 aliphatic heterocycles. The maximum Gasteiger partial charge on any atom is 0.246 e. The highest BCUT2D eigenvalue weighted by Gasteiger charge is 2.45. The number of aromatic amines is 1. The molecule has 1 aromatic heterocycles. The normalized spacial score (nSPS) is 24.8. The predicted octanol–water partition coefficient (Wildman–Crippen LogP) is -1.11. The van der Waals surface area contributed by atoms with Gasteiger partial charge in [0.05, 0.1) is 73.5 Å². The van der Waals surface area contributed by atoms with E-state index in [1.54, 1.807) is 26.0 Å². The minimum atomic E-state index is -2.39. The Morgan fingerprint density at radius 2 is 1.70 bits per heavy atom. The first kappa shape index (κ1) is 66.3. The van der Waals surface area contributed by atoms with Gasteiger partial charge in [-0.15, -0.1) is 5.16 Å². The number of methoxy groups -OCH3 is 1. The standard InChI is InChI=1S/C54H80N10O16S2/c1-6-29(2)35-20-32(66)23-58-49(73)31-18-36-34-13-14-43(79-5)37(27-81-17-11-9-15-57-45(71)12-8-7-10-16-80-56-4)48(34)63-53(36)82(78)28-39(60-46(72)24-59-50(35)74)51(75)61-38(22-44(55)70)54(77)64-25-33(67)21-40(64)52(76)62-47(41(68)19-31)30(3)42(69)26-65/h13-14,29-31,33,35,38-40,42,47,63,65,67,69H,4,6-12,15-28H2,1-3,5H3,(H2,55,70)(H,57,71)(H,58,73)(H,59,74)(H,60,72)(H,61,75)(H,62,76)/t29-,30-,31+,33+,35-,38-,39-,40-,42-,47-,82?/m0/s1. The molecule has 1 aromatic carbocycles. The summed E-state index contributed by atoms with van der Waals surface area (Å²) >= 11 is 1.53. The number of benzene rings is 1. The summed E-state index contributed by atoms with van der Waals surface area (Å²) in [6, 6.07) is -3.57. The maximum atomic E-state index is 15.3. The number of oxime groups is 1. The Kier molecular flexibility index (Phi) is 26.2. The number of rotatable bonds is 22. The lowest BCUT2D eigenvalue weighted by Gasteiger charge is -2.32. The van der Waals surface area contributed by atoms with Crippen LogP contribution in [-0.2, 0) is 75.8 Å². The molecule has 1 unspecified atom stereocenters. The second kappa shape index (κ2) is 32.4. The Hall–Kier alpha value is -6.49. The van der Waals surface area contributed by atoms with E-state index in [0.717, 1.165) is 17.7 Å². The molecule has 0 radical (unpaired) electrons. The van der Waals surface area contributed by atoms with E-state index in [1.165, 1.54) is 25.8 Å². The number of Topliss-reactive ketones (excluding diaryl/α,β-unsaturated/α-hetero) is 2. The molecule has 26 nitrogen and oxygen atoms in total. The smallest absolute Gasteiger partial charge is 0.246 e. The quantitative estimate of drug-likeness (QED) is 0.0378. The number of aliphatic hydroxyl groups is 3. The first-order valence-corrected chi connectivity index (χ1v) is 30.2. The van der Waals surface area contributed by atoms with Crippen LogP contribution < -0.4 is 42.4 Å². The van der Waals surface area contributed by atoms with Gasteiger partial charge in [-0.2, -0.15) is 11.8 Å². The zero-order valence-electron chi connectivity index (χ0n) is 46.9. The summed E-state index contributed by atoms with van der Waals surface area (Å²) in [7, 11) is -0.927. The number of H-pyrrole nitrogens is 1. The molecule has 1 saturated heterocycles. The molecule has 8 amide bonds. The van der Waals surface area contributed by atoms with Crippen molar-refractivity contribution >= 4 is 99.0 Å². The van der Waals surface area contributed by atoms with Crippen molar-refractivity contribution in [3.8, 4) is 5.75 Å². The fraction of sp³-hybridized carbons (Fsp3) is 0.648. The van der Waals surface area contributed by atoms with E-state index in [0.29, 0.717) is 79.0 Å². The Morgan fingerprint density at radius 1 is 0.951 bits per heavy atom. The van der Waals surface area contributed by atoms with Crippen molar-refractivity contribution in [2.24, 2.45) is 34.6 Å². The minimum absolute atomic E-state index is 0.0572. The van der Waals surface area contributed by atoms with E-state index in [4.69, 9.17) is 15.3 Å². The van der Waals surface area contributed by atoms with Crippen molar-refractivity contribution in [2.75, 3.05) is 58.0 Å². The van der Waals surface area contributed by atoms with Gasteiger partial charge >= 0.3 is 0 Å². The van der Waals surface area contributed by atoms with Crippen LogP contribution in [0.2, 0.25) is 0 Å². The van der Waals surface area contributed by atoms with Crippen molar-refractivity contribution in [3.05, 3.63) is 23.3 Å². The monoisotopic (exact) mass is 1190 g/mol. The first-order chi connectivity index (χ1) is 39.1. The fourth-order valence-electron chi connectivity index (χ4n) is 10.2. The first-order valence-electron chi connectivity index (χ1n) is 27.7. The summed E-state index contributed by atoms with van der Waals surface area (Å²) in [4.78, 5) is 149. The topological polar surface area (TPSA) is 397 Å². The number of aromatic nitrogens is 1. The van der Waals surface area contributed by atoms with Gasteiger partial charge in [-0.25, -0.2) is 0 Å². The highest BCUT2D eigenvalue weighted by Crippen LogP contribution is 2.37. The Morgan fingerprint density at radius 3 is 2.39 bits per heavy atom. The number of ketones is 2. The van der Waals surface area contributed by atoms with Crippen LogP contribution >= 0.6 is 11.8 Å². The molecule has 454 valence electrons. The van der Waals surface area contributed by atoms with E-state index in [2.05, 4.69) is 48.8 Å². The second-order valence-corrected chi connectivity index (χ2v) is 23.6. The van der Waals surface area contributed by atoms with Crippen LogP contribution in [0.5, 0.6) is 5.75 Å². The zero-order valence-corrected chi connectivity index (χ0v) is 48.6. The maximum absolute atomic E-state index is 15.3. The lowest BCUT2D eigenvalue weighted by molar-refractivity contribution is -0.144. The highest BCUT2D eigenvalue weighted by molar-refractivity contribution is 7.98. The average molecular weight is 1190 g/mol. The van der Waals surface area contributed by atoms with Crippen molar-refractivity contribution in [1.82, 2.24) is 41.8 Å². The van der Waals surface area contributed by atoms with Crippen LogP contribution in [0.4, 0.5) is 0 Å². The van der Waals surface area contributed by atoms with Crippen molar-refractivity contribution < 1.29 is 77.0 Å². The van der Waals surface area contributed by atoms with Crippen molar-refractivity contribution in [1.29, 1.82) is 0 Å². The Balaban J connectivity index is 1.64. The van der Waals surface area contributed by atoms with Gasteiger partial charge in [0.1, 0.15) is 35.5 Å². The molecule has 4 heterocycles. The van der Waals surface area contributed by atoms with Crippen LogP contribution in [0.25, 0.3) is 10.9 Å². The number of carbonyl (C=O) groups is 10. The number of carbonyl (C=O) groups excluding carboxylic acids is 10. The van der Waals surface area contributed by atoms with Gasteiger partial charge in [0, 0.05) is 79.9 Å². The van der Waals surface area contributed by atoms with Crippen LogP contribution in [0.3, 0.4) is 0 Å². The largest absolute Gasteiger partial charge is 0.496 e. The van der Waals surface area contributed by atoms with Gasteiger partial charge in [0.2, 0.25) is 47.3 Å². The number of nitrogens with one attached hydrogen (secondary N) is 7. The molecule has 1 fully saturated rings. The van der Waals surface area contributed by atoms with E-state index in [1.807, 2.05) is 0 Å². The number of hydrogen-bond acceptors (Lipinski definition) is 18. The third-order valence-electron chi connectivity index (χ3n) is 15.2. The molecule has 2 aromatic rings. The average Bonchev–Trinajstić information content (AvgIpc) is 3.24. The number of hydrogen-bond donors (Lipinski definition) is 11. The molecule has 0 spiro atoms. The summed E-state index contributed by atoms with van der Waals surface area (Å²) < 4.78 is 21.1. The summed E-state index contributed by atoms with van der Waals surface area (Å²) in [6.45, 7) is 6.34. The Bertz CT molecular complexity index is 2670. The summed E-state index contributed by atoms with van der Waals surface area (Å²) in [5.41, 5.74) is 6.79. The van der Waals surface area contributed by atoms with Crippen LogP contribution in [0.15, 0.2) is 22.3 Å². The number of primary amides is 1. The molecule has 2 bridgehead atoms. The molecule has 5 rings (SSSR count). The van der Waals surface area contributed by atoms with Gasteiger partial charge in [-0.1, -0.05) is 27.2 Å². The highest BCUT2D eigenvalue weighted by atomic mass is 32.2. The Labute approximate surface area is 482 Å². The fourth-order valence-corrected chi connectivity index (χ4v) is 12.7. The van der Waals surface area contributed by atoms with E-state index in [-0.39, 0.29) is 22.9 Å². The van der Waals surface area contributed by atoms with E-state index in [9.17, 15) is 63.3 Å². The van der Waals surface area contributed by atoms with Crippen molar-refractivity contribution in [3.63, 3.8) is 0 Å². The van der Waals surface area contributed by atoms with Crippen LogP contribution in [-0.4, -0.2) is 189 Å². The lowest BCUT2D eigenvalue weighted by Crippen LogP contribution is -2.60. The molecular weight excluding hydrogens is 1110 g/mol. The second-order valence-electron chi connectivity index (χ2n) is 21.1. The number of amides is 8. The summed E-state index contributed by atoms with van der Waals surface area (Å²) in [5.74, 6) is -11.8. The number of aliphatic hydroxyl groups excluding tert-OH is 3. The predicted molar refractivity (Wildman–Crippen MR) is 302 cm³/mol. The number of fused-ring (bicyclic) bond motifs is 5. The summed E-state index contributed by atoms with van der Waals surface area (Å²) in [6.07, 6.45) is -1.23. The molecule has 0 aliphatic carbocycles. The van der Waals surface area contributed by atoms with Gasteiger partial charge < -0.3 is 72.4 Å². The molecule has 12 N–H and O–H groups in total. The molecule has 11 atom stereocenters. The zero-order chi connectivity index (χ0) is 60.2. The van der Waals surface area contributed by atoms with Crippen LogP contribution in [0.1, 0.15) is 103 Å².